The molecule has 150 valence electrons. The van der Waals surface area contributed by atoms with Gasteiger partial charge in [0.25, 0.3) is 5.69 Å². The quantitative estimate of drug-likeness (QED) is 0.420. The van der Waals surface area contributed by atoms with Crippen molar-refractivity contribution in [2.24, 2.45) is 0 Å². The van der Waals surface area contributed by atoms with Crippen molar-refractivity contribution < 1.29 is 9.72 Å². The predicted molar refractivity (Wildman–Crippen MR) is 109 cm³/mol. The molecule has 8 nitrogen and oxygen atoms in total. The Labute approximate surface area is 168 Å². The standard InChI is InChI=1S/C19H25N5O3S/c1-3-23-18(14-7-5-4-6-8-14)21-22-19(23)28-12-17(25)20-15-10-9-13(2)16(11-15)24(26)27/h9-11,14H,3-8,12H2,1-2H3,(H,20,25). The molecule has 0 saturated heterocycles. The molecule has 1 aliphatic rings. The monoisotopic (exact) mass is 403 g/mol. The number of nitrogens with one attached hydrogen (secondary N) is 1. The van der Waals surface area contributed by atoms with Gasteiger partial charge in [-0.1, -0.05) is 37.1 Å². The van der Waals surface area contributed by atoms with E-state index in [4.69, 9.17) is 0 Å². The van der Waals surface area contributed by atoms with Crippen LogP contribution in [0.5, 0.6) is 0 Å². The maximum absolute atomic E-state index is 12.3. The van der Waals surface area contributed by atoms with E-state index in [1.54, 1.807) is 19.1 Å². The lowest BCUT2D eigenvalue weighted by Crippen LogP contribution is -2.15. The average Bonchev–Trinajstić information content (AvgIpc) is 3.11. The molecular formula is C19H25N5O3S. The number of hydrogen-bond donors (Lipinski definition) is 1. The fraction of sp³-hybridized carbons (Fsp3) is 0.526. The molecule has 0 bridgehead atoms. The van der Waals surface area contributed by atoms with Crippen molar-refractivity contribution >= 4 is 29.0 Å². The summed E-state index contributed by atoms with van der Waals surface area (Å²) >= 11 is 1.34. The topological polar surface area (TPSA) is 103 Å². The van der Waals surface area contributed by atoms with E-state index in [0.29, 0.717) is 17.2 Å². The summed E-state index contributed by atoms with van der Waals surface area (Å²) in [5.41, 5.74) is 0.972. The Morgan fingerprint density at radius 3 is 2.75 bits per heavy atom. The van der Waals surface area contributed by atoms with Crippen molar-refractivity contribution in [1.82, 2.24) is 14.8 Å². The van der Waals surface area contributed by atoms with Crippen LogP contribution in [-0.4, -0.2) is 31.3 Å². The van der Waals surface area contributed by atoms with Crippen molar-refractivity contribution in [3.8, 4) is 0 Å². The number of carbonyl (C=O) groups excluding carboxylic acids is 1. The highest BCUT2D eigenvalue weighted by Gasteiger charge is 2.23. The first-order valence-electron chi connectivity index (χ1n) is 9.60. The molecule has 1 saturated carbocycles. The van der Waals surface area contributed by atoms with Crippen molar-refractivity contribution in [2.45, 2.75) is 63.6 Å². The minimum Gasteiger partial charge on any atom is -0.325 e. The van der Waals surface area contributed by atoms with Gasteiger partial charge in [-0.2, -0.15) is 0 Å². The van der Waals surface area contributed by atoms with Gasteiger partial charge >= 0.3 is 0 Å². The summed E-state index contributed by atoms with van der Waals surface area (Å²) in [6, 6.07) is 4.68. The van der Waals surface area contributed by atoms with Crippen LogP contribution in [0.15, 0.2) is 23.4 Å². The molecule has 0 aliphatic heterocycles. The third-order valence-electron chi connectivity index (χ3n) is 5.05. The van der Waals surface area contributed by atoms with Crippen LogP contribution < -0.4 is 5.32 Å². The summed E-state index contributed by atoms with van der Waals surface area (Å²) in [6.07, 6.45) is 6.05. The van der Waals surface area contributed by atoms with Gasteiger partial charge in [0.2, 0.25) is 5.91 Å². The number of amides is 1. The van der Waals surface area contributed by atoms with Crippen LogP contribution in [0.1, 0.15) is 56.3 Å². The van der Waals surface area contributed by atoms with E-state index in [1.165, 1.54) is 37.1 Å². The van der Waals surface area contributed by atoms with Crippen LogP contribution in [0.3, 0.4) is 0 Å². The van der Waals surface area contributed by atoms with Gasteiger partial charge in [-0.25, -0.2) is 0 Å². The fourth-order valence-corrected chi connectivity index (χ4v) is 4.39. The van der Waals surface area contributed by atoms with E-state index in [1.807, 2.05) is 0 Å². The van der Waals surface area contributed by atoms with Crippen molar-refractivity contribution in [3.63, 3.8) is 0 Å². The van der Waals surface area contributed by atoms with Crippen LogP contribution in [0.4, 0.5) is 11.4 Å². The van der Waals surface area contributed by atoms with Crippen molar-refractivity contribution in [2.75, 3.05) is 11.1 Å². The molecule has 1 heterocycles. The largest absolute Gasteiger partial charge is 0.325 e. The third kappa shape index (κ3) is 4.70. The molecule has 1 aromatic heterocycles. The van der Waals surface area contributed by atoms with Crippen LogP contribution in [-0.2, 0) is 11.3 Å². The number of benzene rings is 1. The molecule has 0 atom stereocenters. The van der Waals surface area contributed by atoms with Gasteiger partial charge in [-0.3, -0.25) is 14.9 Å². The Hall–Kier alpha value is -2.42. The summed E-state index contributed by atoms with van der Waals surface area (Å²) in [5.74, 6) is 1.43. The zero-order valence-corrected chi connectivity index (χ0v) is 17.0. The van der Waals surface area contributed by atoms with Gasteiger partial charge in [0, 0.05) is 29.8 Å². The van der Waals surface area contributed by atoms with Gasteiger partial charge in [0.05, 0.1) is 10.7 Å². The van der Waals surface area contributed by atoms with E-state index in [2.05, 4.69) is 27.0 Å². The predicted octanol–water partition coefficient (Wildman–Crippen LogP) is 4.29. The van der Waals surface area contributed by atoms with Gasteiger partial charge in [0.15, 0.2) is 5.16 Å². The number of nitro benzene ring substituents is 1. The molecule has 0 spiro atoms. The Balaban J connectivity index is 1.62. The maximum Gasteiger partial charge on any atom is 0.274 e. The van der Waals surface area contributed by atoms with E-state index in [-0.39, 0.29) is 17.3 Å². The second-order valence-electron chi connectivity index (χ2n) is 7.02. The minimum atomic E-state index is -0.448. The SMILES string of the molecule is CCn1c(SCC(=O)Nc2ccc(C)c([N+](=O)[O-])c2)nnc1C1CCCCC1. The molecular weight excluding hydrogens is 378 g/mol. The Morgan fingerprint density at radius 2 is 2.07 bits per heavy atom. The normalized spacial score (nSPS) is 14.8. The van der Waals surface area contributed by atoms with E-state index in [0.717, 1.165) is 30.4 Å². The lowest BCUT2D eigenvalue weighted by Gasteiger charge is -2.21. The number of hydrogen-bond acceptors (Lipinski definition) is 6. The number of nitrogens with zero attached hydrogens (tertiary/aromatic N) is 4. The molecule has 2 aromatic rings. The lowest BCUT2D eigenvalue weighted by atomic mass is 9.89. The minimum absolute atomic E-state index is 0.00620. The first-order chi connectivity index (χ1) is 13.5. The number of thioether (sulfide) groups is 1. The molecule has 1 fully saturated rings. The number of rotatable bonds is 7. The highest BCUT2D eigenvalue weighted by atomic mass is 32.2. The molecule has 1 aliphatic carbocycles. The fourth-order valence-electron chi connectivity index (χ4n) is 3.58. The summed E-state index contributed by atoms with van der Waals surface area (Å²) in [5, 5.41) is 23.2. The van der Waals surface area contributed by atoms with Crippen LogP contribution in [0.25, 0.3) is 0 Å². The first-order valence-corrected chi connectivity index (χ1v) is 10.6. The Kier molecular flexibility index (Phi) is 6.66. The Morgan fingerprint density at radius 1 is 1.32 bits per heavy atom. The summed E-state index contributed by atoms with van der Waals surface area (Å²) in [6.45, 7) is 4.50. The van der Waals surface area contributed by atoms with Crippen LogP contribution in [0, 0.1) is 17.0 Å². The zero-order valence-electron chi connectivity index (χ0n) is 16.2. The molecule has 9 heteroatoms. The molecule has 1 aromatic carbocycles. The van der Waals surface area contributed by atoms with Gasteiger partial charge in [-0.15, -0.1) is 10.2 Å². The summed E-state index contributed by atoms with van der Waals surface area (Å²) in [4.78, 5) is 22.9. The average molecular weight is 404 g/mol. The van der Waals surface area contributed by atoms with E-state index in [9.17, 15) is 14.9 Å². The second-order valence-corrected chi connectivity index (χ2v) is 7.96. The summed E-state index contributed by atoms with van der Waals surface area (Å²) < 4.78 is 2.10. The number of nitro groups is 1. The lowest BCUT2D eigenvalue weighted by molar-refractivity contribution is -0.385. The molecule has 0 unspecified atom stereocenters. The molecule has 3 rings (SSSR count). The smallest absolute Gasteiger partial charge is 0.274 e. The van der Waals surface area contributed by atoms with Crippen LogP contribution >= 0.6 is 11.8 Å². The second kappa shape index (κ2) is 9.18. The number of carbonyl (C=O) groups is 1. The molecule has 1 amide bonds. The maximum atomic E-state index is 12.3. The van der Waals surface area contributed by atoms with E-state index >= 15 is 0 Å². The molecule has 28 heavy (non-hydrogen) atoms. The molecule has 1 N–H and O–H groups in total. The highest BCUT2D eigenvalue weighted by molar-refractivity contribution is 7.99. The van der Waals surface area contributed by atoms with Crippen LogP contribution in [0.2, 0.25) is 0 Å². The number of aromatic nitrogens is 3. The van der Waals surface area contributed by atoms with Crippen molar-refractivity contribution in [1.29, 1.82) is 0 Å². The molecule has 0 radical (unpaired) electrons. The first kappa shape index (κ1) is 20.3. The van der Waals surface area contributed by atoms with Gasteiger partial charge in [0.1, 0.15) is 5.82 Å². The van der Waals surface area contributed by atoms with E-state index < -0.39 is 4.92 Å². The van der Waals surface area contributed by atoms with Gasteiger partial charge < -0.3 is 9.88 Å². The van der Waals surface area contributed by atoms with Gasteiger partial charge in [-0.05, 0) is 32.8 Å². The van der Waals surface area contributed by atoms with Crippen molar-refractivity contribution in [3.05, 3.63) is 39.7 Å². The summed E-state index contributed by atoms with van der Waals surface area (Å²) in [7, 11) is 0. The number of aryl methyl sites for hydroxylation is 1. The third-order valence-corrected chi connectivity index (χ3v) is 6.02. The number of anilines is 1. The zero-order chi connectivity index (χ0) is 20.1. The highest BCUT2D eigenvalue weighted by Crippen LogP contribution is 2.33. The Bertz CT molecular complexity index is 861.